The van der Waals surface area contributed by atoms with Crippen LogP contribution in [0.4, 0.5) is 0 Å². The number of para-hydroxylation sites is 3. The highest BCUT2D eigenvalue weighted by Crippen LogP contribution is 2.41. The molecule has 0 atom stereocenters. The number of nitrogens with zero attached hydrogens (tertiary/aromatic N) is 3. The summed E-state index contributed by atoms with van der Waals surface area (Å²) >= 11 is 0. The summed E-state index contributed by atoms with van der Waals surface area (Å²) in [4.78, 5) is 8.73. The van der Waals surface area contributed by atoms with Gasteiger partial charge in [0.1, 0.15) is 22.3 Å². The Labute approximate surface area is 221 Å². The van der Waals surface area contributed by atoms with E-state index in [-0.39, 0.29) is 0 Å². The average Bonchev–Trinajstić information content (AvgIpc) is 3.66. The molecule has 0 bridgehead atoms. The van der Waals surface area contributed by atoms with Crippen molar-refractivity contribution in [3.8, 4) is 16.8 Å². The third-order valence-electron chi connectivity index (χ3n) is 7.80. The Balaban J connectivity index is 1.31. The number of furan rings is 2. The van der Waals surface area contributed by atoms with Crippen molar-refractivity contribution in [2.75, 3.05) is 0 Å². The smallest absolute Gasteiger partial charge is 0.143 e. The molecule has 0 aliphatic rings. The van der Waals surface area contributed by atoms with Gasteiger partial charge >= 0.3 is 0 Å². The van der Waals surface area contributed by atoms with E-state index in [4.69, 9.17) is 8.83 Å². The van der Waals surface area contributed by atoms with E-state index < -0.39 is 0 Å². The van der Waals surface area contributed by atoms with Crippen LogP contribution in [-0.2, 0) is 0 Å². The van der Waals surface area contributed by atoms with Gasteiger partial charge in [0, 0.05) is 73.9 Å². The van der Waals surface area contributed by atoms with Crippen molar-refractivity contribution < 1.29 is 8.83 Å². The molecule has 0 radical (unpaired) electrons. The molecule has 5 heteroatoms. The van der Waals surface area contributed by atoms with Crippen LogP contribution in [0.15, 0.2) is 125 Å². The lowest BCUT2D eigenvalue weighted by atomic mass is 10.00. The summed E-state index contributed by atoms with van der Waals surface area (Å²) in [5.74, 6) is 0. The molecule has 0 saturated heterocycles. The standard InChI is InChI=1S/C34H19N3O2/c1-2-10-31-21(5-1)22-6-3-7-23(33(22)38-31)24-8-4-9-25-26-17-20(11-12-32(26)39-34(24)25)37-29-13-15-35-18-27(29)28-19-36-16-14-30(28)37/h1-19H. The number of benzene rings is 4. The quantitative estimate of drug-likeness (QED) is 0.237. The average molecular weight is 502 g/mol. The summed E-state index contributed by atoms with van der Waals surface area (Å²) in [7, 11) is 0. The van der Waals surface area contributed by atoms with Crippen molar-refractivity contribution in [2.24, 2.45) is 0 Å². The zero-order chi connectivity index (χ0) is 25.5. The molecule has 0 spiro atoms. The molecule has 0 saturated carbocycles. The number of rotatable bonds is 2. The maximum atomic E-state index is 6.54. The van der Waals surface area contributed by atoms with Crippen LogP contribution in [0.3, 0.4) is 0 Å². The predicted octanol–water partition coefficient (Wildman–Crippen LogP) is 9.04. The molecule has 0 N–H and O–H groups in total. The molecule has 0 unspecified atom stereocenters. The Bertz CT molecular complexity index is 2350. The number of hydrogen-bond acceptors (Lipinski definition) is 4. The van der Waals surface area contributed by atoms with Gasteiger partial charge in [-0.3, -0.25) is 9.97 Å². The molecule has 39 heavy (non-hydrogen) atoms. The van der Waals surface area contributed by atoms with Gasteiger partial charge in [0.25, 0.3) is 0 Å². The van der Waals surface area contributed by atoms with Crippen molar-refractivity contribution in [2.45, 2.75) is 0 Å². The minimum atomic E-state index is 0.849. The van der Waals surface area contributed by atoms with E-state index in [0.717, 1.165) is 82.5 Å². The molecule has 5 aromatic heterocycles. The van der Waals surface area contributed by atoms with E-state index in [9.17, 15) is 0 Å². The molecule has 0 fully saturated rings. The third kappa shape index (κ3) is 2.79. The predicted molar refractivity (Wildman–Crippen MR) is 156 cm³/mol. The van der Waals surface area contributed by atoms with Crippen LogP contribution in [0.1, 0.15) is 0 Å². The minimum absolute atomic E-state index is 0.849. The van der Waals surface area contributed by atoms with Crippen LogP contribution in [0, 0.1) is 0 Å². The lowest BCUT2D eigenvalue weighted by Crippen LogP contribution is -1.93. The van der Waals surface area contributed by atoms with Crippen molar-refractivity contribution in [3.63, 3.8) is 0 Å². The van der Waals surface area contributed by atoms with E-state index in [2.05, 4.69) is 87.3 Å². The van der Waals surface area contributed by atoms with Crippen molar-refractivity contribution in [1.82, 2.24) is 14.5 Å². The largest absolute Gasteiger partial charge is 0.455 e. The summed E-state index contributed by atoms with van der Waals surface area (Å²) in [6.45, 7) is 0. The molecule has 5 heterocycles. The first-order chi connectivity index (χ1) is 19.3. The van der Waals surface area contributed by atoms with Crippen molar-refractivity contribution in [1.29, 1.82) is 0 Å². The van der Waals surface area contributed by atoms with Gasteiger partial charge in [0.15, 0.2) is 0 Å². The maximum absolute atomic E-state index is 6.54. The normalized spacial score (nSPS) is 12.1. The Morgan fingerprint density at radius 2 is 1.08 bits per heavy atom. The van der Waals surface area contributed by atoms with Gasteiger partial charge in [-0.2, -0.15) is 0 Å². The maximum Gasteiger partial charge on any atom is 0.143 e. The summed E-state index contributed by atoms with van der Waals surface area (Å²) < 4.78 is 15.2. The second-order valence-corrected chi connectivity index (χ2v) is 9.87. The molecule has 9 rings (SSSR count). The van der Waals surface area contributed by atoms with Crippen molar-refractivity contribution in [3.05, 3.63) is 116 Å². The van der Waals surface area contributed by atoms with Gasteiger partial charge in [-0.15, -0.1) is 0 Å². The third-order valence-corrected chi connectivity index (χ3v) is 7.80. The SMILES string of the molecule is c1ccc2c(c1)oc1c(-c3cccc4c3oc3ccc(-n5c6ccncc6c6cnccc65)cc34)cccc12. The van der Waals surface area contributed by atoms with E-state index in [1.54, 1.807) is 0 Å². The number of aromatic nitrogens is 3. The molecule has 9 aromatic rings. The lowest BCUT2D eigenvalue weighted by Gasteiger charge is -2.07. The highest BCUT2D eigenvalue weighted by Gasteiger charge is 2.18. The Morgan fingerprint density at radius 1 is 0.487 bits per heavy atom. The van der Waals surface area contributed by atoms with Gasteiger partial charge in [-0.1, -0.05) is 54.6 Å². The van der Waals surface area contributed by atoms with E-state index in [0.29, 0.717) is 0 Å². The van der Waals surface area contributed by atoms with Crippen LogP contribution < -0.4 is 0 Å². The lowest BCUT2D eigenvalue weighted by molar-refractivity contribution is 0.665. The molecule has 5 nitrogen and oxygen atoms in total. The second kappa shape index (κ2) is 7.55. The molecule has 0 aliphatic carbocycles. The van der Waals surface area contributed by atoms with Crippen LogP contribution in [0.2, 0.25) is 0 Å². The fourth-order valence-corrected chi connectivity index (χ4v) is 6.08. The minimum Gasteiger partial charge on any atom is -0.455 e. The first-order valence-corrected chi connectivity index (χ1v) is 12.9. The highest BCUT2D eigenvalue weighted by atomic mass is 16.3. The van der Waals surface area contributed by atoms with Crippen LogP contribution in [0.5, 0.6) is 0 Å². The fraction of sp³-hybridized carbons (Fsp3) is 0. The van der Waals surface area contributed by atoms with Crippen molar-refractivity contribution >= 4 is 65.7 Å². The van der Waals surface area contributed by atoms with Crippen LogP contribution in [0.25, 0.3) is 82.5 Å². The molecule has 0 amide bonds. The van der Waals surface area contributed by atoms with Gasteiger partial charge < -0.3 is 13.4 Å². The van der Waals surface area contributed by atoms with Crippen LogP contribution in [-0.4, -0.2) is 14.5 Å². The Kier molecular flexibility index (Phi) is 3.99. The first-order valence-electron chi connectivity index (χ1n) is 12.9. The molecular formula is C34H19N3O2. The number of pyridine rings is 2. The Hall–Kier alpha value is -5.42. The zero-order valence-corrected chi connectivity index (χ0v) is 20.6. The van der Waals surface area contributed by atoms with Gasteiger partial charge in [0.2, 0.25) is 0 Å². The molecule has 4 aromatic carbocycles. The van der Waals surface area contributed by atoms with Gasteiger partial charge in [-0.05, 0) is 36.4 Å². The van der Waals surface area contributed by atoms with E-state index >= 15 is 0 Å². The van der Waals surface area contributed by atoms with Gasteiger partial charge in [0.05, 0.1) is 11.0 Å². The number of hydrogen-bond donors (Lipinski definition) is 0. The summed E-state index contributed by atoms with van der Waals surface area (Å²) in [6, 6.07) is 31.3. The summed E-state index contributed by atoms with van der Waals surface area (Å²) in [6.07, 6.45) is 7.49. The van der Waals surface area contributed by atoms with Crippen LogP contribution >= 0.6 is 0 Å². The van der Waals surface area contributed by atoms with E-state index in [1.165, 1.54) is 0 Å². The number of fused-ring (bicyclic) bond motifs is 9. The zero-order valence-electron chi connectivity index (χ0n) is 20.6. The van der Waals surface area contributed by atoms with E-state index in [1.807, 2.05) is 43.0 Å². The fourth-order valence-electron chi connectivity index (χ4n) is 6.08. The highest BCUT2D eigenvalue weighted by molar-refractivity contribution is 6.15. The molecule has 182 valence electrons. The topological polar surface area (TPSA) is 57.0 Å². The molecule has 0 aliphatic heterocycles. The summed E-state index contributed by atoms with van der Waals surface area (Å²) in [5, 5.41) is 6.53. The second-order valence-electron chi connectivity index (χ2n) is 9.87. The monoisotopic (exact) mass is 501 g/mol. The first kappa shape index (κ1) is 20.6. The summed E-state index contributed by atoms with van der Waals surface area (Å²) in [5.41, 5.74) is 8.76. The Morgan fingerprint density at radius 3 is 1.77 bits per heavy atom. The van der Waals surface area contributed by atoms with Gasteiger partial charge in [-0.25, -0.2) is 0 Å². The molecular weight excluding hydrogens is 482 g/mol.